The zero-order valence-corrected chi connectivity index (χ0v) is 15.1. The fourth-order valence-electron chi connectivity index (χ4n) is 2.34. The molecule has 5 heteroatoms. The van der Waals surface area contributed by atoms with Gasteiger partial charge in [0.05, 0.1) is 12.7 Å². The molecule has 2 aromatic rings. The van der Waals surface area contributed by atoms with Gasteiger partial charge in [0.15, 0.2) is 0 Å². The minimum Gasteiger partial charge on any atom is -0.374 e. The highest BCUT2D eigenvalue weighted by molar-refractivity contribution is 5.99. The number of benzene rings is 2. The van der Waals surface area contributed by atoms with Crippen LogP contribution in [-0.2, 0) is 11.3 Å². The van der Waals surface area contributed by atoms with E-state index in [1.165, 1.54) is 0 Å². The minimum atomic E-state index is -0.366. The van der Waals surface area contributed by atoms with E-state index in [1.807, 2.05) is 52.0 Å². The smallest absolute Gasteiger partial charge is 0.269 e. The van der Waals surface area contributed by atoms with Gasteiger partial charge in [0.2, 0.25) is 0 Å². The summed E-state index contributed by atoms with van der Waals surface area (Å²) in [6.07, 6.45) is 0.156. The zero-order valence-electron chi connectivity index (χ0n) is 15.1. The van der Waals surface area contributed by atoms with Crippen molar-refractivity contribution in [3.63, 3.8) is 0 Å². The molecule has 5 nitrogen and oxygen atoms in total. The summed E-state index contributed by atoms with van der Waals surface area (Å²) in [4.78, 5) is 24.3. The highest BCUT2D eigenvalue weighted by atomic mass is 16.5. The first-order valence-corrected chi connectivity index (χ1v) is 8.25. The van der Waals surface area contributed by atoms with Gasteiger partial charge >= 0.3 is 0 Å². The van der Waals surface area contributed by atoms with Gasteiger partial charge in [-0.1, -0.05) is 29.8 Å². The molecule has 0 heterocycles. The molecule has 0 bridgehead atoms. The Kier molecular flexibility index (Phi) is 6.31. The Morgan fingerprint density at radius 3 is 2.20 bits per heavy atom. The Morgan fingerprint density at radius 2 is 1.60 bits per heavy atom. The molecule has 0 fully saturated rings. The van der Waals surface area contributed by atoms with Crippen molar-refractivity contribution >= 4 is 11.8 Å². The molecule has 2 aromatic carbocycles. The van der Waals surface area contributed by atoms with E-state index >= 15 is 0 Å². The van der Waals surface area contributed by atoms with Crippen LogP contribution in [0.1, 0.15) is 51.3 Å². The summed E-state index contributed by atoms with van der Waals surface area (Å²) < 4.78 is 5.52. The third kappa shape index (κ3) is 5.43. The van der Waals surface area contributed by atoms with Crippen molar-refractivity contribution in [2.75, 3.05) is 0 Å². The summed E-state index contributed by atoms with van der Waals surface area (Å²) in [7, 11) is 0. The van der Waals surface area contributed by atoms with Crippen LogP contribution in [0.2, 0.25) is 0 Å². The SMILES string of the molecule is Cc1ccc(C(=O)NNC(=O)c2ccc(COC(C)C)cc2)c(C)c1. The monoisotopic (exact) mass is 340 g/mol. The lowest BCUT2D eigenvalue weighted by Gasteiger charge is -2.10. The normalized spacial score (nSPS) is 10.6. The topological polar surface area (TPSA) is 67.4 Å². The van der Waals surface area contributed by atoms with Gasteiger partial charge < -0.3 is 4.74 Å². The lowest BCUT2D eigenvalue weighted by molar-refractivity contribution is 0.0656. The molecular formula is C20H24N2O3. The Balaban J connectivity index is 1.92. The summed E-state index contributed by atoms with van der Waals surface area (Å²) in [6.45, 7) is 8.28. The first-order chi connectivity index (χ1) is 11.9. The molecule has 0 atom stereocenters. The van der Waals surface area contributed by atoms with Crippen LogP contribution in [0.4, 0.5) is 0 Å². The number of amides is 2. The molecule has 0 saturated heterocycles. The van der Waals surface area contributed by atoms with Crippen LogP contribution in [-0.4, -0.2) is 17.9 Å². The number of hydrazine groups is 1. The average molecular weight is 340 g/mol. The summed E-state index contributed by atoms with van der Waals surface area (Å²) >= 11 is 0. The number of ether oxygens (including phenoxy) is 1. The van der Waals surface area contributed by atoms with E-state index in [4.69, 9.17) is 4.74 Å². The molecule has 132 valence electrons. The molecule has 0 aliphatic carbocycles. The van der Waals surface area contributed by atoms with Crippen molar-refractivity contribution in [1.29, 1.82) is 0 Å². The van der Waals surface area contributed by atoms with Gasteiger partial charge in [-0.3, -0.25) is 20.4 Å². The Labute approximate surface area is 148 Å². The third-order valence-electron chi connectivity index (χ3n) is 3.72. The van der Waals surface area contributed by atoms with Gasteiger partial charge in [-0.2, -0.15) is 0 Å². The number of aryl methyl sites for hydroxylation is 2. The van der Waals surface area contributed by atoms with Crippen molar-refractivity contribution in [3.05, 3.63) is 70.3 Å². The number of hydrogen-bond donors (Lipinski definition) is 2. The van der Waals surface area contributed by atoms with Gasteiger partial charge in [0.25, 0.3) is 11.8 Å². The molecule has 0 unspecified atom stereocenters. The van der Waals surface area contributed by atoms with E-state index < -0.39 is 0 Å². The molecular weight excluding hydrogens is 316 g/mol. The highest BCUT2D eigenvalue weighted by Crippen LogP contribution is 2.10. The lowest BCUT2D eigenvalue weighted by Crippen LogP contribution is -2.41. The molecule has 0 saturated carbocycles. The van der Waals surface area contributed by atoms with Crippen LogP contribution in [0, 0.1) is 13.8 Å². The fraction of sp³-hybridized carbons (Fsp3) is 0.300. The van der Waals surface area contributed by atoms with Gasteiger partial charge in [-0.05, 0) is 57.0 Å². The fourth-order valence-corrected chi connectivity index (χ4v) is 2.34. The first kappa shape index (κ1) is 18.7. The number of hydrogen-bond acceptors (Lipinski definition) is 3. The molecule has 0 aliphatic rings. The zero-order chi connectivity index (χ0) is 18.4. The number of carbonyl (C=O) groups excluding carboxylic acids is 2. The quantitative estimate of drug-likeness (QED) is 0.821. The lowest BCUT2D eigenvalue weighted by atomic mass is 10.1. The van der Waals surface area contributed by atoms with Gasteiger partial charge in [-0.25, -0.2) is 0 Å². The maximum atomic E-state index is 12.2. The molecule has 2 N–H and O–H groups in total. The number of nitrogens with one attached hydrogen (secondary N) is 2. The minimum absolute atomic E-state index is 0.156. The molecule has 0 aliphatic heterocycles. The van der Waals surface area contributed by atoms with Crippen LogP contribution in [0.15, 0.2) is 42.5 Å². The van der Waals surface area contributed by atoms with Crippen molar-refractivity contribution in [1.82, 2.24) is 10.9 Å². The van der Waals surface area contributed by atoms with Crippen LogP contribution in [0.25, 0.3) is 0 Å². The average Bonchev–Trinajstić information content (AvgIpc) is 2.58. The van der Waals surface area contributed by atoms with Crippen molar-refractivity contribution in [2.24, 2.45) is 0 Å². The van der Waals surface area contributed by atoms with E-state index in [2.05, 4.69) is 10.9 Å². The largest absolute Gasteiger partial charge is 0.374 e. The Bertz CT molecular complexity index is 752. The second kappa shape index (κ2) is 8.44. The van der Waals surface area contributed by atoms with E-state index in [1.54, 1.807) is 18.2 Å². The predicted molar refractivity (Wildman–Crippen MR) is 97.2 cm³/mol. The molecule has 25 heavy (non-hydrogen) atoms. The van der Waals surface area contributed by atoms with Crippen molar-refractivity contribution in [3.8, 4) is 0 Å². The van der Waals surface area contributed by atoms with Gasteiger partial charge in [-0.15, -0.1) is 0 Å². The summed E-state index contributed by atoms with van der Waals surface area (Å²) in [5, 5.41) is 0. The van der Waals surface area contributed by atoms with Crippen LogP contribution >= 0.6 is 0 Å². The number of rotatable bonds is 5. The van der Waals surface area contributed by atoms with Gasteiger partial charge in [0, 0.05) is 11.1 Å². The van der Waals surface area contributed by atoms with Crippen molar-refractivity contribution in [2.45, 2.75) is 40.4 Å². The summed E-state index contributed by atoms with van der Waals surface area (Å²) in [5.74, 6) is -0.706. The standard InChI is InChI=1S/C20H24N2O3/c1-13(2)25-12-16-6-8-17(9-7-16)19(23)21-22-20(24)18-10-5-14(3)11-15(18)4/h5-11,13H,12H2,1-4H3,(H,21,23)(H,22,24). The summed E-state index contributed by atoms with van der Waals surface area (Å²) in [6, 6.07) is 12.6. The molecule has 0 aromatic heterocycles. The maximum absolute atomic E-state index is 12.2. The van der Waals surface area contributed by atoms with Crippen LogP contribution in [0.5, 0.6) is 0 Å². The predicted octanol–water partition coefficient (Wildman–Crippen LogP) is 3.30. The Hall–Kier alpha value is -2.66. The highest BCUT2D eigenvalue weighted by Gasteiger charge is 2.11. The molecule has 0 spiro atoms. The maximum Gasteiger partial charge on any atom is 0.269 e. The summed E-state index contributed by atoms with van der Waals surface area (Å²) in [5.41, 5.74) is 8.82. The first-order valence-electron chi connectivity index (χ1n) is 8.25. The van der Waals surface area contributed by atoms with Gasteiger partial charge in [0.1, 0.15) is 0 Å². The van der Waals surface area contributed by atoms with E-state index in [0.29, 0.717) is 17.7 Å². The molecule has 2 rings (SSSR count). The molecule has 0 radical (unpaired) electrons. The second-order valence-electron chi connectivity index (χ2n) is 6.28. The second-order valence-corrected chi connectivity index (χ2v) is 6.28. The van der Waals surface area contributed by atoms with Crippen LogP contribution < -0.4 is 10.9 Å². The Morgan fingerprint density at radius 1 is 0.960 bits per heavy atom. The van der Waals surface area contributed by atoms with Crippen molar-refractivity contribution < 1.29 is 14.3 Å². The third-order valence-corrected chi connectivity index (χ3v) is 3.72. The van der Waals surface area contributed by atoms with E-state index in [0.717, 1.165) is 16.7 Å². The van der Waals surface area contributed by atoms with Crippen LogP contribution in [0.3, 0.4) is 0 Å². The number of carbonyl (C=O) groups is 2. The van der Waals surface area contributed by atoms with E-state index in [9.17, 15) is 9.59 Å². The van der Waals surface area contributed by atoms with E-state index in [-0.39, 0.29) is 17.9 Å². The molecule has 2 amide bonds.